The average Bonchev–Trinajstić information content (AvgIpc) is 3.57. The molecule has 0 spiro atoms. The van der Waals surface area contributed by atoms with Gasteiger partial charge in [0.1, 0.15) is 12.1 Å². The summed E-state index contributed by atoms with van der Waals surface area (Å²) in [6.45, 7) is 10.2. The van der Waals surface area contributed by atoms with Crippen molar-refractivity contribution in [1.29, 1.82) is 0 Å². The predicted molar refractivity (Wildman–Crippen MR) is 167 cm³/mol. The van der Waals surface area contributed by atoms with Gasteiger partial charge in [-0.2, -0.15) is 0 Å². The summed E-state index contributed by atoms with van der Waals surface area (Å²) in [5, 5.41) is 8.50. The molecule has 1 aromatic rings. The van der Waals surface area contributed by atoms with Crippen LogP contribution in [0.25, 0.3) is 0 Å². The number of carbonyl (C=O) groups is 5. The number of hydrogen-bond donors (Lipinski definition) is 3. The van der Waals surface area contributed by atoms with Crippen molar-refractivity contribution in [3.8, 4) is 0 Å². The number of benzene rings is 1. The SMILES string of the molecule is C=CCNC(=O)C(=O)C(CCC)NC(=O)[C@@H]1[C@H]2[C@@H](CN1C(=O)C(NC(=O)CC1CCCC1)C1Cc3ccccc3C1)C2(C)C. The minimum atomic E-state index is -0.985. The standard InChI is InChI=1S/C35H48N4O5/c1-5-11-26(31(41)33(43)36-16-6-2)37-32(42)30-28-25(35(28,3)4)20-39(30)34(44)29(38-27(40)17-21-12-7-8-13-21)24-18-22-14-9-10-15-23(22)19-24/h6,9-10,14-15,21,24-26,28-30H,2,5,7-8,11-13,16-20H2,1,3-4H3,(H,36,43)(H,37,42)(H,38,40)/t25-,26?,28-,29?,30+/m1/s1. The third-order valence-electron chi connectivity index (χ3n) is 10.7. The van der Waals surface area contributed by atoms with Gasteiger partial charge in [-0.05, 0) is 72.3 Å². The maximum absolute atomic E-state index is 14.5. The number of piperidine rings is 1. The molecule has 44 heavy (non-hydrogen) atoms. The largest absolute Gasteiger partial charge is 0.346 e. The molecule has 3 fully saturated rings. The van der Waals surface area contributed by atoms with Gasteiger partial charge in [0.15, 0.2) is 0 Å². The van der Waals surface area contributed by atoms with Gasteiger partial charge < -0.3 is 20.9 Å². The number of ketones is 1. The van der Waals surface area contributed by atoms with Crippen molar-refractivity contribution in [1.82, 2.24) is 20.9 Å². The first kappa shape index (κ1) is 31.9. The summed E-state index contributed by atoms with van der Waals surface area (Å²) in [7, 11) is 0. The first-order valence-electron chi connectivity index (χ1n) is 16.5. The van der Waals surface area contributed by atoms with Gasteiger partial charge in [-0.25, -0.2) is 0 Å². The molecule has 1 heterocycles. The molecule has 4 amide bonds. The molecule has 5 rings (SSSR count). The quantitative estimate of drug-likeness (QED) is 0.236. The normalized spacial score (nSPS) is 25.0. The lowest BCUT2D eigenvalue weighted by molar-refractivity contribution is -0.145. The molecular formula is C35H48N4O5. The fourth-order valence-corrected chi connectivity index (χ4v) is 8.14. The zero-order chi connectivity index (χ0) is 31.6. The fraction of sp³-hybridized carbons (Fsp3) is 0.629. The van der Waals surface area contributed by atoms with E-state index in [1.54, 1.807) is 4.90 Å². The van der Waals surface area contributed by atoms with Crippen molar-refractivity contribution in [3.63, 3.8) is 0 Å². The van der Waals surface area contributed by atoms with Crippen LogP contribution < -0.4 is 16.0 Å². The number of likely N-dealkylation sites (tertiary alicyclic amines) is 1. The minimum absolute atomic E-state index is 0.0611. The van der Waals surface area contributed by atoms with E-state index in [4.69, 9.17) is 0 Å². The van der Waals surface area contributed by atoms with Crippen LogP contribution in [0.5, 0.6) is 0 Å². The molecule has 1 aliphatic heterocycles. The van der Waals surface area contributed by atoms with Gasteiger partial charge >= 0.3 is 0 Å². The van der Waals surface area contributed by atoms with Gasteiger partial charge in [0.25, 0.3) is 5.91 Å². The summed E-state index contributed by atoms with van der Waals surface area (Å²) < 4.78 is 0. The minimum Gasteiger partial charge on any atom is -0.346 e. The highest BCUT2D eigenvalue weighted by Gasteiger charge is 2.69. The van der Waals surface area contributed by atoms with Gasteiger partial charge in [0, 0.05) is 19.5 Å². The highest BCUT2D eigenvalue weighted by molar-refractivity contribution is 6.38. The number of carbonyl (C=O) groups excluding carboxylic acids is 5. The number of fused-ring (bicyclic) bond motifs is 2. The molecule has 0 aromatic heterocycles. The molecule has 2 saturated carbocycles. The monoisotopic (exact) mass is 604 g/mol. The Balaban J connectivity index is 1.36. The lowest BCUT2D eigenvalue weighted by Gasteiger charge is -2.35. The summed E-state index contributed by atoms with van der Waals surface area (Å²) in [4.78, 5) is 68.9. The Hall–Kier alpha value is -3.49. The summed E-state index contributed by atoms with van der Waals surface area (Å²) in [5.74, 6) is -1.88. The Bertz CT molecular complexity index is 1280. The lowest BCUT2D eigenvalue weighted by atomic mass is 9.92. The van der Waals surface area contributed by atoms with Gasteiger partial charge in [-0.3, -0.25) is 24.0 Å². The molecule has 3 N–H and O–H groups in total. The Kier molecular flexibility index (Phi) is 9.61. The third-order valence-corrected chi connectivity index (χ3v) is 10.7. The van der Waals surface area contributed by atoms with E-state index >= 15 is 0 Å². The van der Waals surface area contributed by atoms with Crippen LogP contribution in [-0.4, -0.2) is 65.5 Å². The smallest absolute Gasteiger partial charge is 0.289 e. The van der Waals surface area contributed by atoms with E-state index in [0.29, 0.717) is 44.6 Å². The van der Waals surface area contributed by atoms with Crippen LogP contribution >= 0.6 is 0 Å². The van der Waals surface area contributed by atoms with Crippen LogP contribution in [0.3, 0.4) is 0 Å². The molecule has 2 unspecified atom stereocenters. The molecule has 0 radical (unpaired) electrons. The number of rotatable bonds is 13. The second kappa shape index (κ2) is 13.2. The van der Waals surface area contributed by atoms with E-state index in [9.17, 15) is 24.0 Å². The summed E-state index contributed by atoms with van der Waals surface area (Å²) in [6, 6.07) is 5.65. The van der Waals surface area contributed by atoms with E-state index in [2.05, 4.69) is 48.5 Å². The second-order valence-electron chi connectivity index (χ2n) is 13.9. The topological polar surface area (TPSA) is 125 Å². The van der Waals surface area contributed by atoms with Crippen molar-refractivity contribution < 1.29 is 24.0 Å². The molecule has 1 aromatic carbocycles. The summed E-state index contributed by atoms with van der Waals surface area (Å²) in [6.07, 6.45) is 8.53. The van der Waals surface area contributed by atoms with Crippen molar-refractivity contribution >= 4 is 29.4 Å². The first-order chi connectivity index (χ1) is 21.1. The van der Waals surface area contributed by atoms with Crippen LogP contribution in [-0.2, 0) is 36.8 Å². The van der Waals surface area contributed by atoms with E-state index < -0.39 is 35.7 Å². The van der Waals surface area contributed by atoms with Crippen LogP contribution in [0.1, 0.15) is 76.8 Å². The molecule has 4 aliphatic rings. The molecule has 3 aliphatic carbocycles. The number of hydrogen-bond acceptors (Lipinski definition) is 5. The molecule has 1 saturated heterocycles. The summed E-state index contributed by atoms with van der Waals surface area (Å²) in [5.41, 5.74) is 2.25. The molecule has 0 bridgehead atoms. The number of nitrogens with one attached hydrogen (secondary N) is 3. The van der Waals surface area contributed by atoms with Crippen molar-refractivity contribution in [2.75, 3.05) is 13.1 Å². The fourth-order valence-electron chi connectivity index (χ4n) is 8.14. The number of amides is 4. The first-order valence-corrected chi connectivity index (χ1v) is 16.5. The van der Waals surface area contributed by atoms with Crippen LogP contribution in [0.15, 0.2) is 36.9 Å². The molecule has 238 valence electrons. The molecule has 9 heteroatoms. The maximum atomic E-state index is 14.5. The molecule has 5 atom stereocenters. The van der Waals surface area contributed by atoms with Gasteiger partial charge in [0.2, 0.25) is 23.5 Å². The lowest BCUT2D eigenvalue weighted by Crippen LogP contribution is -2.59. The zero-order valence-corrected chi connectivity index (χ0v) is 26.4. The maximum Gasteiger partial charge on any atom is 0.289 e. The second-order valence-corrected chi connectivity index (χ2v) is 13.9. The van der Waals surface area contributed by atoms with E-state index in [0.717, 1.165) is 25.7 Å². The van der Waals surface area contributed by atoms with Crippen LogP contribution in [0.2, 0.25) is 0 Å². The average molecular weight is 605 g/mol. The van der Waals surface area contributed by atoms with Gasteiger partial charge in [0.05, 0.1) is 6.04 Å². The van der Waals surface area contributed by atoms with E-state index in [-0.39, 0.29) is 41.5 Å². The van der Waals surface area contributed by atoms with Gasteiger partial charge in [-0.15, -0.1) is 6.58 Å². The third kappa shape index (κ3) is 6.47. The zero-order valence-electron chi connectivity index (χ0n) is 26.4. The number of nitrogens with zero attached hydrogens (tertiary/aromatic N) is 1. The highest BCUT2D eigenvalue weighted by atomic mass is 16.2. The Morgan fingerprint density at radius 2 is 1.70 bits per heavy atom. The summed E-state index contributed by atoms with van der Waals surface area (Å²) >= 11 is 0. The Morgan fingerprint density at radius 1 is 1.05 bits per heavy atom. The van der Waals surface area contributed by atoms with Crippen LogP contribution in [0.4, 0.5) is 0 Å². The van der Waals surface area contributed by atoms with Gasteiger partial charge in [-0.1, -0.05) is 70.4 Å². The van der Waals surface area contributed by atoms with Crippen molar-refractivity contribution in [2.24, 2.45) is 29.1 Å². The highest BCUT2D eigenvalue weighted by Crippen LogP contribution is 2.65. The van der Waals surface area contributed by atoms with E-state index in [1.807, 2.05) is 19.1 Å². The van der Waals surface area contributed by atoms with Crippen LogP contribution in [0, 0.1) is 29.1 Å². The number of Topliss-reactive ketones (excluding diaryl/α,β-unsaturated/α-hetero) is 1. The molecular weight excluding hydrogens is 556 g/mol. The van der Waals surface area contributed by atoms with E-state index in [1.165, 1.54) is 17.2 Å². The van der Waals surface area contributed by atoms with Crippen molar-refractivity contribution in [2.45, 2.75) is 96.7 Å². The van der Waals surface area contributed by atoms with Crippen molar-refractivity contribution in [3.05, 3.63) is 48.0 Å². The predicted octanol–water partition coefficient (Wildman–Crippen LogP) is 3.11. The Morgan fingerprint density at radius 3 is 2.32 bits per heavy atom. The Labute approximate surface area is 261 Å². The molecule has 9 nitrogen and oxygen atoms in total.